The first-order valence-electron chi connectivity index (χ1n) is 4.81. The maximum atomic E-state index is 11.5. The van der Waals surface area contributed by atoms with Crippen molar-refractivity contribution in [2.45, 2.75) is 13.0 Å². The lowest BCUT2D eigenvalue weighted by Crippen LogP contribution is -2.38. The molecule has 0 aromatic heterocycles. The molecule has 1 amide bonds. The van der Waals surface area contributed by atoms with Gasteiger partial charge in [-0.25, -0.2) is 8.42 Å². The molecule has 1 aromatic carbocycles. The summed E-state index contributed by atoms with van der Waals surface area (Å²) >= 11 is 0. The van der Waals surface area contributed by atoms with E-state index in [2.05, 4.69) is 0 Å². The molecule has 0 aliphatic rings. The highest BCUT2D eigenvalue weighted by molar-refractivity contribution is 7.90. The van der Waals surface area contributed by atoms with Crippen molar-refractivity contribution < 1.29 is 13.2 Å². The summed E-state index contributed by atoms with van der Waals surface area (Å²) in [6.45, 7) is 1.45. The van der Waals surface area contributed by atoms with Crippen LogP contribution in [0.4, 0.5) is 0 Å². The molecule has 1 aromatic rings. The summed E-state index contributed by atoms with van der Waals surface area (Å²) in [5.41, 5.74) is 6.20. The summed E-state index contributed by atoms with van der Waals surface area (Å²) in [7, 11) is -3.55. The molecule has 1 unspecified atom stereocenters. The third-order valence-electron chi connectivity index (χ3n) is 2.08. The molecular formula is C10H14N2O3S. The molecule has 0 saturated heterocycles. The van der Waals surface area contributed by atoms with Gasteiger partial charge in [-0.3, -0.25) is 9.52 Å². The van der Waals surface area contributed by atoms with Crippen LogP contribution in [-0.2, 0) is 14.8 Å². The average Bonchev–Trinajstić information content (AvgIpc) is 2.28. The monoisotopic (exact) mass is 242 g/mol. The summed E-state index contributed by atoms with van der Waals surface area (Å²) < 4.78 is 24.2. The topological polar surface area (TPSA) is 89.3 Å². The molecule has 0 bridgehead atoms. The normalized spacial score (nSPS) is 13.1. The van der Waals surface area contributed by atoms with Crippen LogP contribution in [0.15, 0.2) is 30.3 Å². The minimum Gasteiger partial charge on any atom is -0.316 e. The van der Waals surface area contributed by atoms with Crippen LogP contribution >= 0.6 is 0 Å². The third-order valence-corrected chi connectivity index (χ3v) is 3.35. The van der Waals surface area contributed by atoms with Crippen molar-refractivity contribution in [1.82, 2.24) is 4.72 Å². The fraction of sp³-hybridized carbons (Fsp3) is 0.300. The smallest absolute Gasteiger partial charge is 0.254 e. The molecule has 5 nitrogen and oxygen atoms in total. The van der Waals surface area contributed by atoms with Gasteiger partial charge in [0.25, 0.3) is 5.91 Å². The molecule has 0 radical (unpaired) electrons. The van der Waals surface area contributed by atoms with Crippen LogP contribution < -0.4 is 10.5 Å². The van der Waals surface area contributed by atoms with Gasteiger partial charge in [0.1, 0.15) is 6.04 Å². The first kappa shape index (κ1) is 12.7. The number of hydrogen-bond acceptors (Lipinski definition) is 4. The van der Waals surface area contributed by atoms with Crippen molar-refractivity contribution in [2.75, 3.05) is 5.75 Å². The van der Waals surface area contributed by atoms with Gasteiger partial charge in [0.2, 0.25) is 10.0 Å². The Kier molecular flexibility index (Phi) is 4.03. The number of carbonyl (C=O) groups is 1. The zero-order valence-corrected chi connectivity index (χ0v) is 9.70. The molecule has 16 heavy (non-hydrogen) atoms. The van der Waals surface area contributed by atoms with Gasteiger partial charge in [0, 0.05) is 0 Å². The molecule has 6 heteroatoms. The minimum absolute atomic E-state index is 0.153. The molecule has 0 spiro atoms. The van der Waals surface area contributed by atoms with E-state index in [1.165, 1.54) is 6.92 Å². The Morgan fingerprint density at radius 3 is 2.44 bits per heavy atom. The highest BCUT2D eigenvalue weighted by Gasteiger charge is 2.19. The van der Waals surface area contributed by atoms with Crippen LogP contribution in [0.2, 0.25) is 0 Å². The molecular weight excluding hydrogens is 228 g/mol. The molecule has 0 saturated carbocycles. The number of carbonyl (C=O) groups excluding carboxylic acids is 1. The molecule has 0 aliphatic carbocycles. The van der Waals surface area contributed by atoms with Crippen molar-refractivity contribution >= 4 is 15.9 Å². The summed E-state index contributed by atoms with van der Waals surface area (Å²) in [5, 5.41) is 0. The van der Waals surface area contributed by atoms with Gasteiger partial charge in [-0.15, -0.1) is 0 Å². The van der Waals surface area contributed by atoms with E-state index in [0.717, 1.165) is 0 Å². The maximum Gasteiger partial charge on any atom is 0.254 e. The SMILES string of the molecule is CCS(=O)(=O)NC(=O)C(N)c1ccccc1. The average molecular weight is 242 g/mol. The number of nitrogens with two attached hydrogens (primary N) is 1. The molecule has 1 atom stereocenters. The second kappa shape index (κ2) is 5.09. The second-order valence-corrected chi connectivity index (χ2v) is 5.27. The van der Waals surface area contributed by atoms with E-state index in [-0.39, 0.29) is 5.75 Å². The Morgan fingerprint density at radius 1 is 1.38 bits per heavy atom. The lowest BCUT2D eigenvalue weighted by atomic mass is 10.1. The number of nitrogens with one attached hydrogen (secondary N) is 1. The number of hydrogen-bond donors (Lipinski definition) is 2. The largest absolute Gasteiger partial charge is 0.316 e. The van der Waals surface area contributed by atoms with Crippen molar-refractivity contribution in [3.63, 3.8) is 0 Å². The number of benzene rings is 1. The van der Waals surface area contributed by atoms with E-state index >= 15 is 0 Å². The standard InChI is InChI=1S/C10H14N2O3S/c1-2-16(14,15)12-10(13)9(11)8-6-4-3-5-7-8/h3-7,9H,2,11H2,1H3,(H,12,13). The molecule has 0 fully saturated rings. The second-order valence-electron chi connectivity index (χ2n) is 3.26. The van der Waals surface area contributed by atoms with Crippen molar-refractivity contribution in [3.05, 3.63) is 35.9 Å². The van der Waals surface area contributed by atoms with Crippen LogP contribution in [0.25, 0.3) is 0 Å². The minimum atomic E-state index is -3.55. The first-order chi connectivity index (χ1) is 7.46. The Labute approximate surface area is 94.7 Å². The van der Waals surface area contributed by atoms with Gasteiger partial charge >= 0.3 is 0 Å². The zero-order chi connectivity index (χ0) is 12.2. The Hall–Kier alpha value is -1.40. The lowest BCUT2D eigenvalue weighted by Gasteiger charge is -2.11. The van der Waals surface area contributed by atoms with Crippen LogP contribution in [0.3, 0.4) is 0 Å². The van der Waals surface area contributed by atoms with Gasteiger partial charge < -0.3 is 5.73 Å². The van der Waals surface area contributed by atoms with Gasteiger partial charge in [-0.05, 0) is 12.5 Å². The Morgan fingerprint density at radius 2 is 1.94 bits per heavy atom. The fourth-order valence-electron chi connectivity index (χ4n) is 1.10. The van der Waals surface area contributed by atoms with Gasteiger partial charge in [0.15, 0.2) is 0 Å². The first-order valence-corrected chi connectivity index (χ1v) is 6.46. The Bertz CT molecular complexity index is 456. The third kappa shape index (κ3) is 3.32. The number of sulfonamides is 1. The van der Waals surface area contributed by atoms with Crippen LogP contribution in [0.5, 0.6) is 0 Å². The Balaban J connectivity index is 2.77. The molecule has 88 valence electrons. The van der Waals surface area contributed by atoms with E-state index in [9.17, 15) is 13.2 Å². The summed E-state index contributed by atoms with van der Waals surface area (Å²) in [4.78, 5) is 11.5. The highest BCUT2D eigenvalue weighted by Crippen LogP contribution is 2.09. The van der Waals surface area contributed by atoms with Crippen molar-refractivity contribution in [3.8, 4) is 0 Å². The van der Waals surface area contributed by atoms with Gasteiger partial charge in [-0.2, -0.15) is 0 Å². The lowest BCUT2D eigenvalue weighted by molar-refractivity contribution is -0.120. The van der Waals surface area contributed by atoms with Crippen molar-refractivity contribution in [2.24, 2.45) is 5.73 Å². The number of rotatable bonds is 4. The predicted octanol–water partition coefficient (Wildman–Crippen LogP) is 0.152. The molecule has 1 rings (SSSR count). The molecule has 0 heterocycles. The quantitative estimate of drug-likeness (QED) is 0.786. The van der Waals surface area contributed by atoms with Crippen LogP contribution in [0, 0.1) is 0 Å². The van der Waals surface area contributed by atoms with E-state index < -0.39 is 22.0 Å². The van der Waals surface area contributed by atoms with Crippen LogP contribution in [-0.4, -0.2) is 20.1 Å². The predicted molar refractivity (Wildman–Crippen MR) is 61.0 cm³/mol. The maximum absolute atomic E-state index is 11.5. The van der Waals surface area contributed by atoms with Gasteiger partial charge in [-0.1, -0.05) is 30.3 Å². The fourth-order valence-corrected chi connectivity index (χ4v) is 1.68. The summed E-state index contributed by atoms with van der Waals surface area (Å²) in [6.07, 6.45) is 0. The molecule has 3 N–H and O–H groups in total. The van der Waals surface area contributed by atoms with E-state index in [0.29, 0.717) is 5.56 Å². The summed E-state index contributed by atoms with van der Waals surface area (Å²) in [5.74, 6) is -0.867. The van der Waals surface area contributed by atoms with Gasteiger partial charge in [0.05, 0.1) is 5.75 Å². The van der Waals surface area contributed by atoms with E-state index in [1.807, 2.05) is 4.72 Å². The van der Waals surface area contributed by atoms with Crippen LogP contribution in [0.1, 0.15) is 18.5 Å². The summed E-state index contributed by atoms with van der Waals surface area (Å²) in [6, 6.07) is 7.62. The molecule has 0 aliphatic heterocycles. The highest BCUT2D eigenvalue weighted by atomic mass is 32.2. The van der Waals surface area contributed by atoms with E-state index in [1.54, 1.807) is 30.3 Å². The van der Waals surface area contributed by atoms with Crippen molar-refractivity contribution in [1.29, 1.82) is 0 Å². The zero-order valence-electron chi connectivity index (χ0n) is 8.88. The number of amides is 1. The van der Waals surface area contributed by atoms with E-state index in [4.69, 9.17) is 5.73 Å².